The highest BCUT2D eigenvalue weighted by atomic mass is 32.2. The first kappa shape index (κ1) is 22.5. The molecule has 0 saturated carbocycles. The number of ketones is 1. The first-order valence-electron chi connectivity index (χ1n) is 10.3. The Balaban J connectivity index is 1.84. The van der Waals surface area contributed by atoms with Crippen molar-refractivity contribution in [3.05, 3.63) is 93.9 Å². The number of Topliss-reactive ketones (excluding diaryl/α,β-unsaturated/α-hetero) is 1. The molecular weight excluding hydrogens is 442 g/mol. The molecule has 0 spiro atoms. The van der Waals surface area contributed by atoms with Gasteiger partial charge in [0.1, 0.15) is 5.69 Å². The molecule has 33 heavy (non-hydrogen) atoms. The number of hydrogen-bond donors (Lipinski definition) is 2. The van der Waals surface area contributed by atoms with Gasteiger partial charge in [0.05, 0.1) is 10.6 Å². The predicted octanol–water partition coefficient (Wildman–Crippen LogP) is 3.19. The van der Waals surface area contributed by atoms with E-state index in [-0.39, 0.29) is 34.0 Å². The van der Waals surface area contributed by atoms with Gasteiger partial charge in [0.15, 0.2) is 5.78 Å². The monoisotopic (exact) mass is 465 g/mol. The smallest absolute Gasteiger partial charge is 0.293 e. The van der Waals surface area contributed by atoms with Crippen molar-refractivity contribution in [1.29, 1.82) is 0 Å². The average molecular weight is 466 g/mol. The quantitative estimate of drug-likeness (QED) is 0.601. The molecule has 1 heterocycles. The zero-order chi connectivity index (χ0) is 23.8. The van der Waals surface area contributed by atoms with Crippen LogP contribution in [0.1, 0.15) is 46.7 Å². The second-order valence-electron chi connectivity index (χ2n) is 8.73. The number of benzene rings is 2. The lowest BCUT2D eigenvalue weighted by Crippen LogP contribution is -2.41. The Morgan fingerprint density at radius 3 is 2.18 bits per heavy atom. The molecule has 0 bridgehead atoms. The number of sulfonamides is 1. The van der Waals surface area contributed by atoms with Crippen molar-refractivity contribution in [2.24, 2.45) is 5.41 Å². The topological polar surface area (TPSA) is 114 Å². The number of carbonyl (C=O) groups excluding carboxylic acids is 2. The van der Waals surface area contributed by atoms with E-state index in [2.05, 4.69) is 10.1 Å². The SMILES string of the molecule is CC1(C)CC(=O)c2cc(NC(=O)c3ccccc3)c(=O)n(NS(=O)(=O)c3ccccc3)c2C1. The maximum Gasteiger partial charge on any atom is 0.293 e. The normalized spacial score (nSPS) is 14.9. The molecule has 2 N–H and O–H groups in total. The number of carbonyl (C=O) groups is 2. The van der Waals surface area contributed by atoms with Crippen LogP contribution in [0.25, 0.3) is 0 Å². The van der Waals surface area contributed by atoms with E-state index in [4.69, 9.17) is 0 Å². The van der Waals surface area contributed by atoms with Gasteiger partial charge in [0, 0.05) is 17.5 Å². The van der Waals surface area contributed by atoms with Crippen molar-refractivity contribution >= 4 is 27.4 Å². The molecule has 4 rings (SSSR count). The number of rotatable bonds is 5. The third-order valence-electron chi connectivity index (χ3n) is 5.44. The molecule has 0 aliphatic heterocycles. The minimum absolute atomic E-state index is 0.0363. The van der Waals surface area contributed by atoms with Crippen LogP contribution in [0.15, 0.2) is 76.4 Å². The first-order chi connectivity index (χ1) is 15.6. The highest BCUT2D eigenvalue weighted by Crippen LogP contribution is 2.35. The maximum absolute atomic E-state index is 13.3. The van der Waals surface area contributed by atoms with Gasteiger partial charge < -0.3 is 5.32 Å². The Morgan fingerprint density at radius 1 is 0.939 bits per heavy atom. The van der Waals surface area contributed by atoms with Crippen molar-refractivity contribution < 1.29 is 18.0 Å². The van der Waals surface area contributed by atoms with Gasteiger partial charge in [-0.1, -0.05) is 50.2 Å². The standard InChI is InChI=1S/C24H23N3O5S/c1-24(2)14-20-18(21(28)15-24)13-19(25-22(29)16-9-5-3-6-10-16)23(30)27(20)26-33(31,32)17-11-7-4-8-12-17/h3-13,26H,14-15H2,1-2H3,(H,25,29). The molecule has 8 nitrogen and oxygen atoms in total. The van der Waals surface area contributed by atoms with Crippen molar-refractivity contribution in [3.63, 3.8) is 0 Å². The Hall–Kier alpha value is -3.72. The van der Waals surface area contributed by atoms with E-state index in [1.165, 1.54) is 18.2 Å². The van der Waals surface area contributed by atoms with Gasteiger partial charge in [0.25, 0.3) is 21.5 Å². The summed E-state index contributed by atoms with van der Waals surface area (Å²) in [7, 11) is -4.13. The zero-order valence-corrected chi connectivity index (χ0v) is 19.0. The molecule has 0 radical (unpaired) electrons. The number of hydrogen-bond acceptors (Lipinski definition) is 5. The first-order valence-corrected chi connectivity index (χ1v) is 11.8. The molecule has 0 unspecified atom stereocenters. The minimum atomic E-state index is -4.13. The molecule has 0 saturated heterocycles. The Morgan fingerprint density at radius 2 is 1.55 bits per heavy atom. The molecule has 170 valence electrons. The summed E-state index contributed by atoms with van der Waals surface area (Å²) in [5, 5.41) is 2.52. The van der Waals surface area contributed by atoms with Crippen LogP contribution in [0.3, 0.4) is 0 Å². The average Bonchev–Trinajstić information content (AvgIpc) is 2.78. The second kappa shape index (κ2) is 8.32. The zero-order valence-electron chi connectivity index (χ0n) is 18.2. The van der Waals surface area contributed by atoms with Crippen LogP contribution in [0, 0.1) is 5.41 Å². The van der Waals surface area contributed by atoms with Crippen LogP contribution in [0.4, 0.5) is 5.69 Å². The van der Waals surface area contributed by atoms with Crippen LogP contribution in [-0.2, 0) is 16.4 Å². The highest BCUT2D eigenvalue weighted by molar-refractivity contribution is 7.92. The number of amides is 1. The third-order valence-corrected chi connectivity index (χ3v) is 6.75. The van der Waals surface area contributed by atoms with Gasteiger partial charge in [-0.15, -0.1) is 0 Å². The van der Waals surface area contributed by atoms with Crippen molar-refractivity contribution in [2.75, 3.05) is 10.1 Å². The van der Waals surface area contributed by atoms with Crippen LogP contribution >= 0.6 is 0 Å². The summed E-state index contributed by atoms with van der Waals surface area (Å²) in [5.74, 6) is -0.780. The Kier molecular flexibility index (Phi) is 5.67. The lowest BCUT2D eigenvalue weighted by atomic mass is 9.75. The highest BCUT2D eigenvalue weighted by Gasteiger charge is 2.35. The van der Waals surface area contributed by atoms with Gasteiger partial charge in [-0.25, -0.2) is 9.51 Å². The summed E-state index contributed by atoms with van der Waals surface area (Å²) in [6.07, 6.45) is 0.531. The Labute approximate surface area is 191 Å². The third kappa shape index (κ3) is 4.58. The molecule has 0 atom stereocenters. The molecule has 3 aromatic rings. The van der Waals surface area contributed by atoms with E-state index >= 15 is 0 Å². The summed E-state index contributed by atoms with van der Waals surface area (Å²) < 4.78 is 26.9. The molecular formula is C24H23N3O5S. The van der Waals surface area contributed by atoms with Crippen molar-refractivity contribution in [3.8, 4) is 0 Å². The summed E-state index contributed by atoms with van der Waals surface area (Å²) >= 11 is 0. The number of anilines is 1. The fourth-order valence-electron chi connectivity index (χ4n) is 3.86. The summed E-state index contributed by atoms with van der Waals surface area (Å²) in [5.41, 5.74) is -0.648. The van der Waals surface area contributed by atoms with Gasteiger partial charge >= 0.3 is 0 Å². The number of nitrogens with one attached hydrogen (secondary N) is 2. The molecule has 2 aromatic carbocycles. The van der Waals surface area contributed by atoms with Crippen LogP contribution in [0.5, 0.6) is 0 Å². The molecule has 9 heteroatoms. The molecule has 1 aliphatic carbocycles. The minimum Gasteiger partial charge on any atom is -0.317 e. The lowest BCUT2D eigenvalue weighted by Gasteiger charge is -2.32. The summed E-state index contributed by atoms with van der Waals surface area (Å²) in [6, 6.07) is 17.2. The van der Waals surface area contributed by atoms with E-state index in [0.717, 1.165) is 4.68 Å². The van der Waals surface area contributed by atoms with Crippen LogP contribution < -0.4 is 15.7 Å². The number of nitrogens with zero attached hydrogens (tertiary/aromatic N) is 1. The fraction of sp³-hybridized carbons (Fsp3) is 0.208. The van der Waals surface area contributed by atoms with Gasteiger partial charge in [-0.05, 0) is 42.2 Å². The van der Waals surface area contributed by atoms with E-state index in [9.17, 15) is 22.8 Å². The van der Waals surface area contributed by atoms with E-state index in [0.29, 0.717) is 12.0 Å². The lowest BCUT2D eigenvalue weighted by molar-refractivity contribution is 0.0907. The van der Waals surface area contributed by atoms with E-state index in [1.807, 2.05) is 13.8 Å². The number of aromatic nitrogens is 1. The largest absolute Gasteiger partial charge is 0.317 e. The molecule has 1 aliphatic rings. The fourth-order valence-corrected chi connectivity index (χ4v) is 4.91. The van der Waals surface area contributed by atoms with Crippen LogP contribution in [-0.4, -0.2) is 24.8 Å². The second-order valence-corrected chi connectivity index (χ2v) is 10.4. The molecule has 1 amide bonds. The number of pyridine rings is 1. The predicted molar refractivity (Wildman–Crippen MR) is 125 cm³/mol. The van der Waals surface area contributed by atoms with E-state index in [1.54, 1.807) is 48.5 Å². The van der Waals surface area contributed by atoms with E-state index < -0.39 is 26.9 Å². The van der Waals surface area contributed by atoms with Gasteiger partial charge in [-0.3, -0.25) is 14.4 Å². The summed E-state index contributed by atoms with van der Waals surface area (Å²) in [6.45, 7) is 3.75. The molecule has 0 fully saturated rings. The number of fused-ring (bicyclic) bond motifs is 1. The van der Waals surface area contributed by atoms with Crippen LogP contribution in [0.2, 0.25) is 0 Å². The van der Waals surface area contributed by atoms with Gasteiger partial charge in [-0.2, -0.15) is 8.42 Å². The maximum atomic E-state index is 13.3. The molecule has 1 aromatic heterocycles. The summed E-state index contributed by atoms with van der Waals surface area (Å²) in [4.78, 5) is 41.2. The Bertz CT molecular complexity index is 1400. The van der Waals surface area contributed by atoms with Crippen molar-refractivity contribution in [2.45, 2.75) is 31.6 Å². The van der Waals surface area contributed by atoms with Crippen molar-refractivity contribution in [1.82, 2.24) is 4.68 Å². The van der Waals surface area contributed by atoms with Gasteiger partial charge in [0.2, 0.25) is 0 Å².